The molecule has 0 radical (unpaired) electrons. The maximum atomic E-state index is 13.2. The van der Waals surface area contributed by atoms with Gasteiger partial charge in [0.05, 0.1) is 36.5 Å². The zero-order valence-corrected chi connectivity index (χ0v) is 22.9. The molecular weight excluding hydrogens is 497 g/mol. The highest BCUT2D eigenvalue weighted by atomic mass is 16.7. The van der Waals surface area contributed by atoms with Crippen molar-refractivity contribution in [2.75, 3.05) is 13.1 Å². The van der Waals surface area contributed by atoms with E-state index in [0.717, 1.165) is 29.4 Å². The molecule has 6 atom stereocenters. The van der Waals surface area contributed by atoms with Crippen LogP contribution in [0.4, 0.5) is 4.79 Å². The molecule has 2 aromatic rings. The average Bonchev–Trinajstić information content (AvgIpc) is 3.49. The van der Waals surface area contributed by atoms with Crippen molar-refractivity contribution in [3.8, 4) is 6.07 Å². The van der Waals surface area contributed by atoms with E-state index in [1.54, 1.807) is 11.2 Å². The second-order valence-corrected chi connectivity index (χ2v) is 12.4. The molecule has 39 heavy (non-hydrogen) atoms. The molecule has 5 aliphatic rings. The third-order valence-electron chi connectivity index (χ3n) is 9.84. The van der Waals surface area contributed by atoms with Crippen LogP contribution in [0.15, 0.2) is 34.9 Å². The first-order valence-electron chi connectivity index (χ1n) is 14.1. The van der Waals surface area contributed by atoms with Crippen molar-refractivity contribution in [2.45, 2.75) is 83.0 Å². The summed E-state index contributed by atoms with van der Waals surface area (Å²) in [6.45, 7) is 7.67. The van der Waals surface area contributed by atoms with E-state index in [9.17, 15) is 9.59 Å². The molecule has 0 spiro atoms. The van der Waals surface area contributed by atoms with E-state index in [1.165, 1.54) is 0 Å². The second-order valence-electron chi connectivity index (χ2n) is 12.4. The van der Waals surface area contributed by atoms with Crippen LogP contribution in [0.2, 0.25) is 0 Å². The minimum Gasteiger partial charge on any atom is -0.464 e. The minimum absolute atomic E-state index is 0.0151. The van der Waals surface area contributed by atoms with Crippen LogP contribution in [0.5, 0.6) is 0 Å². The molecule has 7 rings (SSSR count). The van der Waals surface area contributed by atoms with E-state index in [-0.39, 0.29) is 23.8 Å². The van der Waals surface area contributed by atoms with Gasteiger partial charge >= 0.3 is 13.2 Å². The fourth-order valence-electron chi connectivity index (χ4n) is 7.49. The minimum atomic E-state index is -0.628. The average molecular weight is 533 g/mol. The van der Waals surface area contributed by atoms with Gasteiger partial charge in [0.2, 0.25) is 5.91 Å². The van der Waals surface area contributed by atoms with E-state index < -0.39 is 30.9 Å². The SMILES string of the molecule is CC1(C)C2C[C@H]1C[C@H]1OB(C(Cc3coc4ccccc34)NC(=O)OC3CCCN(C(=O)CC#N)C3)O[C@@]21C. The van der Waals surface area contributed by atoms with E-state index in [0.29, 0.717) is 44.2 Å². The van der Waals surface area contributed by atoms with E-state index >= 15 is 0 Å². The van der Waals surface area contributed by atoms with Crippen LogP contribution in [-0.2, 0) is 25.3 Å². The summed E-state index contributed by atoms with van der Waals surface area (Å²) in [4.78, 5) is 27.0. The number of nitrogens with one attached hydrogen (secondary N) is 1. The third kappa shape index (κ3) is 4.59. The Kier molecular flexibility index (Phi) is 6.63. The summed E-state index contributed by atoms with van der Waals surface area (Å²) >= 11 is 0. The molecule has 3 heterocycles. The third-order valence-corrected chi connectivity index (χ3v) is 9.84. The summed E-state index contributed by atoms with van der Waals surface area (Å²) in [6, 6.07) is 9.73. The molecular formula is C29H36BN3O6. The number of para-hydroxylation sites is 1. The number of furan rings is 1. The highest BCUT2D eigenvalue weighted by Gasteiger charge is 2.68. The number of nitrogens with zero attached hydrogens (tertiary/aromatic N) is 2. The number of hydrogen-bond donors (Lipinski definition) is 1. The number of ether oxygens (including phenoxy) is 1. The first-order valence-corrected chi connectivity index (χ1v) is 14.1. The molecule has 2 bridgehead atoms. The lowest BCUT2D eigenvalue weighted by Crippen LogP contribution is -2.65. The van der Waals surface area contributed by atoms with Crippen molar-refractivity contribution in [1.29, 1.82) is 5.26 Å². The maximum Gasteiger partial charge on any atom is 0.482 e. The van der Waals surface area contributed by atoms with Gasteiger partial charge in [-0.25, -0.2) is 4.79 Å². The summed E-state index contributed by atoms with van der Waals surface area (Å²) in [7, 11) is -0.628. The monoisotopic (exact) mass is 533 g/mol. The predicted octanol–water partition coefficient (Wildman–Crippen LogP) is 4.24. The summed E-state index contributed by atoms with van der Waals surface area (Å²) in [6.07, 6.45) is 4.47. The molecule has 1 aromatic heterocycles. The Balaban J connectivity index is 1.19. The number of nitriles is 1. The summed E-state index contributed by atoms with van der Waals surface area (Å²) in [5.74, 6) is 0.289. The number of fused-ring (bicyclic) bond motifs is 1. The summed E-state index contributed by atoms with van der Waals surface area (Å²) in [5.41, 5.74) is 1.55. The van der Waals surface area contributed by atoms with E-state index in [4.69, 9.17) is 23.7 Å². The van der Waals surface area contributed by atoms with Gasteiger partial charge in [0.1, 0.15) is 18.1 Å². The zero-order valence-electron chi connectivity index (χ0n) is 22.9. The normalized spacial score (nSPS) is 31.6. The molecule has 2 saturated heterocycles. The first kappa shape index (κ1) is 26.2. The van der Waals surface area contributed by atoms with Gasteiger partial charge in [-0.3, -0.25) is 4.79 Å². The van der Waals surface area contributed by atoms with Crippen molar-refractivity contribution in [3.05, 3.63) is 36.1 Å². The Morgan fingerprint density at radius 1 is 1.28 bits per heavy atom. The van der Waals surface area contributed by atoms with Crippen molar-refractivity contribution >= 4 is 30.1 Å². The van der Waals surface area contributed by atoms with E-state index in [2.05, 4.69) is 26.1 Å². The topological polar surface area (TPSA) is 114 Å². The Hall–Kier alpha value is -3.03. The number of likely N-dealkylation sites (tertiary alicyclic amines) is 1. The molecule has 10 heteroatoms. The molecule has 9 nitrogen and oxygen atoms in total. The molecule has 5 fully saturated rings. The van der Waals surface area contributed by atoms with Gasteiger partial charge in [0.25, 0.3) is 0 Å². The maximum absolute atomic E-state index is 13.2. The standard InChI is InChI=1S/C29H36BN3O6/c1-28(2)19-14-23(28)29(3)24(15-19)38-30(39-29)25(13-18-17-36-22-9-5-4-8-21(18)22)32-27(35)37-20-7-6-12-33(16-20)26(34)10-11-31/h4-5,8-9,17,19-20,23-25H,6-7,10,12-16H2,1-3H3,(H,32,35)/t19-,20?,23?,24+,25?,29-/m0/s1. The first-order chi connectivity index (χ1) is 18.7. The van der Waals surface area contributed by atoms with Gasteiger partial charge in [-0.05, 0) is 67.9 Å². The number of rotatable bonds is 6. The van der Waals surface area contributed by atoms with Crippen LogP contribution in [0.1, 0.15) is 58.4 Å². The lowest BCUT2D eigenvalue weighted by molar-refractivity contribution is -0.199. The Bertz CT molecular complexity index is 1310. The molecule has 3 saturated carbocycles. The summed E-state index contributed by atoms with van der Waals surface area (Å²) in [5, 5.41) is 12.9. The molecule has 206 valence electrons. The Morgan fingerprint density at radius 2 is 2.10 bits per heavy atom. The molecule has 2 aliphatic heterocycles. The van der Waals surface area contributed by atoms with Crippen LogP contribution in [0.25, 0.3) is 11.0 Å². The Labute approximate surface area is 229 Å². The molecule has 1 N–H and O–H groups in total. The van der Waals surface area contributed by atoms with Crippen molar-refractivity contribution in [3.63, 3.8) is 0 Å². The highest BCUT2D eigenvalue weighted by molar-refractivity contribution is 6.48. The number of alkyl carbamates (subject to hydrolysis) is 1. The smallest absolute Gasteiger partial charge is 0.464 e. The van der Waals surface area contributed by atoms with Gasteiger partial charge in [0.15, 0.2) is 0 Å². The van der Waals surface area contributed by atoms with Crippen LogP contribution in [0, 0.1) is 28.6 Å². The Morgan fingerprint density at radius 3 is 2.90 bits per heavy atom. The molecule has 1 aromatic carbocycles. The number of carbonyl (C=O) groups is 2. The quantitative estimate of drug-likeness (QED) is 0.553. The lowest BCUT2D eigenvalue weighted by atomic mass is 9.43. The van der Waals surface area contributed by atoms with Gasteiger partial charge < -0.3 is 28.7 Å². The van der Waals surface area contributed by atoms with Crippen molar-refractivity contribution in [2.24, 2.45) is 17.3 Å². The van der Waals surface area contributed by atoms with E-state index in [1.807, 2.05) is 30.3 Å². The number of amides is 2. The summed E-state index contributed by atoms with van der Waals surface area (Å²) < 4.78 is 24.8. The molecule has 3 aliphatic carbocycles. The largest absolute Gasteiger partial charge is 0.482 e. The van der Waals surface area contributed by atoms with Crippen LogP contribution in [0.3, 0.4) is 0 Å². The van der Waals surface area contributed by atoms with Crippen LogP contribution in [-0.4, -0.2) is 60.9 Å². The van der Waals surface area contributed by atoms with Gasteiger partial charge in [-0.1, -0.05) is 32.0 Å². The number of benzene rings is 1. The van der Waals surface area contributed by atoms with Gasteiger partial charge in [-0.15, -0.1) is 0 Å². The fourth-order valence-corrected chi connectivity index (χ4v) is 7.49. The fraction of sp³-hybridized carbons (Fsp3) is 0.621. The zero-order chi connectivity index (χ0) is 27.4. The second kappa shape index (κ2) is 9.86. The number of hydrogen-bond acceptors (Lipinski definition) is 7. The van der Waals surface area contributed by atoms with Crippen molar-refractivity contribution < 1.29 is 28.1 Å². The van der Waals surface area contributed by atoms with Crippen LogP contribution >= 0.6 is 0 Å². The van der Waals surface area contributed by atoms with Crippen LogP contribution < -0.4 is 5.32 Å². The van der Waals surface area contributed by atoms with Gasteiger partial charge in [0, 0.05) is 11.9 Å². The molecule has 3 unspecified atom stereocenters. The molecule has 2 amide bonds. The predicted molar refractivity (Wildman–Crippen MR) is 143 cm³/mol. The number of carbonyl (C=O) groups excluding carboxylic acids is 2. The number of piperidine rings is 1. The highest BCUT2D eigenvalue weighted by Crippen LogP contribution is 2.65. The lowest BCUT2D eigenvalue weighted by Gasteiger charge is -2.64. The van der Waals surface area contributed by atoms with Gasteiger partial charge in [-0.2, -0.15) is 5.26 Å². The van der Waals surface area contributed by atoms with Crippen molar-refractivity contribution in [1.82, 2.24) is 10.2 Å².